The number of benzene rings is 2. The number of aromatic amines is 1. The number of nitrogens with one attached hydrogen (secondary N) is 1. The van der Waals surface area contributed by atoms with Crippen LogP contribution in [0.15, 0.2) is 71.3 Å². The van der Waals surface area contributed by atoms with Gasteiger partial charge in [-0.15, -0.1) is 0 Å². The molecular weight excluding hydrogens is 390 g/mol. The quantitative estimate of drug-likeness (QED) is 0.679. The van der Waals surface area contributed by atoms with Crippen molar-refractivity contribution in [3.05, 3.63) is 82.5 Å². The van der Waals surface area contributed by atoms with Gasteiger partial charge >= 0.3 is 0 Å². The van der Waals surface area contributed by atoms with Crippen LogP contribution in [0.1, 0.15) is 22.3 Å². The summed E-state index contributed by atoms with van der Waals surface area (Å²) in [5.41, 5.74) is 4.85. The van der Waals surface area contributed by atoms with E-state index in [0.29, 0.717) is 18.7 Å². The van der Waals surface area contributed by atoms with Gasteiger partial charge in [0.2, 0.25) is 0 Å². The fourth-order valence-corrected chi connectivity index (χ4v) is 3.65. The van der Waals surface area contributed by atoms with Crippen molar-refractivity contribution in [2.75, 3.05) is 13.1 Å². The first-order valence-electron chi connectivity index (χ1n) is 8.55. The van der Waals surface area contributed by atoms with E-state index in [-0.39, 0.29) is 5.91 Å². The lowest BCUT2D eigenvalue weighted by atomic mass is 9.99. The first-order chi connectivity index (χ1) is 12.7. The number of amides is 1. The third-order valence-corrected chi connectivity index (χ3v) is 5.12. The first-order valence-corrected chi connectivity index (χ1v) is 9.35. The molecule has 0 bridgehead atoms. The Kier molecular flexibility index (Phi) is 4.71. The zero-order valence-electron chi connectivity index (χ0n) is 14.2. The smallest absolute Gasteiger partial charge is 0.257 e. The minimum atomic E-state index is 0.0112. The molecule has 4 rings (SSSR count). The lowest BCUT2D eigenvalue weighted by Crippen LogP contribution is -2.34. The zero-order chi connectivity index (χ0) is 17.9. The van der Waals surface area contributed by atoms with E-state index < -0.39 is 0 Å². The topological polar surface area (TPSA) is 49.0 Å². The fourth-order valence-electron chi connectivity index (χ4n) is 3.25. The Morgan fingerprint density at radius 3 is 2.62 bits per heavy atom. The van der Waals surface area contributed by atoms with E-state index in [0.717, 1.165) is 22.2 Å². The maximum atomic E-state index is 13.0. The summed E-state index contributed by atoms with van der Waals surface area (Å²) in [6, 6.07) is 18.2. The normalized spacial score (nSPS) is 14.2. The number of nitrogens with zero attached hydrogens (tertiary/aromatic N) is 2. The second-order valence-electron chi connectivity index (χ2n) is 6.27. The van der Waals surface area contributed by atoms with Crippen LogP contribution in [-0.4, -0.2) is 34.1 Å². The van der Waals surface area contributed by atoms with Crippen molar-refractivity contribution >= 4 is 27.4 Å². The van der Waals surface area contributed by atoms with E-state index >= 15 is 0 Å². The summed E-state index contributed by atoms with van der Waals surface area (Å²) in [4.78, 5) is 14.9. The SMILES string of the molecule is O=C(c1cn[nH]c1-c1cccc(Br)c1)N1CC=C(c2ccccc2)CC1. The van der Waals surface area contributed by atoms with Crippen LogP contribution in [0.3, 0.4) is 0 Å². The van der Waals surface area contributed by atoms with Gasteiger partial charge in [0.25, 0.3) is 5.91 Å². The summed E-state index contributed by atoms with van der Waals surface area (Å²) < 4.78 is 0.969. The highest BCUT2D eigenvalue weighted by molar-refractivity contribution is 9.10. The molecular formula is C21H18BrN3O. The Labute approximate surface area is 160 Å². The molecule has 2 heterocycles. The Hall–Kier alpha value is -2.66. The molecule has 26 heavy (non-hydrogen) atoms. The number of carbonyl (C=O) groups excluding carboxylic acids is 1. The molecule has 1 aromatic heterocycles. The average molecular weight is 408 g/mol. The molecule has 1 aliphatic rings. The number of rotatable bonds is 3. The number of hydrogen-bond acceptors (Lipinski definition) is 2. The number of carbonyl (C=O) groups is 1. The van der Waals surface area contributed by atoms with Crippen LogP contribution >= 0.6 is 15.9 Å². The molecule has 0 saturated heterocycles. The summed E-state index contributed by atoms with van der Waals surface area (Å²) in [7, 11) is 0. The van der Waals surface area contributed by atoms with Crippen LogP contribution in [0.5, 0.6) is 0 Å². The number of hydrogen-bond donors (Lipinski definition) is 1. The van der Waals surface area contributed by atoms with E-state index in [9.17, 15) is 4.79 Å². The molecule has 0 atom stereocenters. The van der Waals surface area contributed by atoms with Gasteiger partial charge < -0.3 is 4.90 Å². The second kappa shape index (κ2) is 7.30. The number of H-pyrrole nitrogens is 1. The Bertz CT molecular complexity index is 962. The fraction of sp³-hybridized carbons (Fsp3) is 0.143. The van der Waals surface area contributed by atoms with Crippen molar-refractivity contribution in [2.24, 2.45) is 0 Å². The molecule has 3 aromatic rings. The van der Waals surface area contributed by atoms with Crippen molar-refractivity contribution in [3.8, 4) is 11.3 Å². The van der Waals surface area contributed by atoms with Crippen molar-refractivity contribution in [1.82, 2.24) is 15.1 Å². The molecule has 130 valence electrons. The summed E-state index contributed by atoms with van der Waals surface area (Å²) >= 11 is 3.48. The number of halogens is 1. The molecule has 0 radical (unpaired) electrons. The van der Waals surface area contributed by atoms with Crippen LogP contribution in [0, 0.1) is 0 Å². The average Bonchev–Trinajstić information content (AvgIpc) is 3.18. The minimum absolute atomic E-state index is 0.0112. The summed E-state index contributed by atoms with van der Waals surface area (Å²) in [6.45, 7) is 1.33. The van der Waals surface area contributed by atoms with Gasteiger partial charge in [-0.2, -0.15) is 5.10 Å². The van der Waals surface area contributed by atoms with Gasteiger partial charge in [-0.3, -0.25) is 9.89 Å². The zero-order valence-corrected chi connectivity index (χ0v) is 15.7. The van der Waals surface area contributed by atoms with Crippen LogP contribution in [0.4, 0.5) is 0 Å². The van der Waals surface area contributed by atoms with Crippen molar-refractivity contribution in [2.45, 2.75) is 6.42 Å². The summed E-state index contributed by atoms with van der Waals surface area (Å²) in [5.74, 6) is 0.0112. The van der Waals surface area contributed by atoms with E-state index in [4.69, 9.17) is 0 Å². The highest BCUT2D eigenvalue weighted by Gasteiger charge is 2.23. The predicted octanol–water partition coefficient (Wildman–Crippen LogP) is 4.77. The standard InChI is InChI=1S/C21H18BrN3O/c22-18-8-4-7-17(13-18)20-19(14-23-24-20)21(26)25-11-9-16(10-12-25)15-5-2-1-3-6-15/h1-9,13-14H,10-12H2,(H,23,24). The first kappa shape index (κ1) is 16.8. The maximum absolute atomic E-state index is 13.0. The number of aromatic nitrogens is 2. The van der Waals surface area contributed by atoms with Crippen LogP contribution in [0.2, 0.25) is 0 Å². The van der Waals surface area contributed by atoms with Crippen LogP contribution in [-0.2, 0) is 0 Å². The maximum Gasteiger partial charge on any atom is 0.257 e. The van der Waals surface area contributed by atoms with E-state index in [1.165, 1.54) is 11.1 Å². The van der Waals surface area contributed by atoms with Gasteiger partial charge in [0.1, 0.15) is 0 Å². The molecule has 0 unspecified atom stereocenters. The van der Waals surface area contributed by atoms with Crippen LogP contribution in [0.25, 0.3) is 16.8 Å². The third-order valence-electron chi connectivity index (χ3n) is 4.62. The van der Waals surface area contributed by atoms with E-state index in [1.54, 1.807) is 6.20 Å². The second-order valence-corrected chi connectivity index (χ2v) is 7.18. The predicted molar refractivity (Wildman–Crippen MR) is 107 cm³/mol. The molecule has 5 heteroatoms. The lowest BCUT2D eigenvalue weighted by molar-refractivity contribution is 0.0773. The van der Waals surface area contributed by atoms with Gasteiger partial charge in [-0.05, 0) is 29.7 Å². The van der Waals surface area contributed by atoms with Crippen molar-refractivity contribution in [1.29, 1.82) is 0 Å². The van der Waals surface area contributed by atoms with Gasteiger partial charge in [0, 0.05) is 23.1 Å². The molecule has 4 nitrogen and oxygen atoms in total. The van der Waals surface area contributed by atoms with Gasteiger partial charge in [-0.25, -0.2) is 0 Å². The Balaban J connectivity index is 1.55. The molecule has 1 aliphatic heterocycles. The molecule has 0 fully saturated rings. The highest BCUT2D eigenvalue weighted by atomic mass is 79.9. The molecule has 2 aromatic carbocycles. The van der Waals surface area contributed by atoms with Gasteiger partial charge in [0.15, 0.2) is 0 Å². The third kappa shape index (κ3) is 3.35. The summed E-state index contributed by atoms with van der Waals surface area (Å²) in [5, 5.41) is 7.07. The van der Waals surface area contributed by atoms with E-state index in [2.05, 4.69) is 44.3 Å². The molecule has 0 spiro atoms. The van der Waals surface area contributed by atoms with Crippen molar-refractivity contribution in [3.63, 3.8) is 0 Å². The lowest BCUT2D eigenvalue weighted by Gasteiger charge is -2.26. The molecule has 1 amide bonds. The van der Waals surface area contributed by atoms with Gasteiger partial charge in [-0.1, -0.05) is 64.5 Å². The molecule has 0 aliphatic carbocycles. The molecule has 0 saturated carbocycles. The Morgan fingerprint density at radius 1 is 1.08 bits per heavy atom. The Morgan fingerprint density at radius 2 is 1.88 bits per heavy atom. The van der Waals surface area contributed by atoms with E-state index in [1.807, 2.05) is 47.4 Å². The summed E-state index contributed by atoms with van der Waals surface area (Å²) in [6.07, 6.45) is 4.63. The van der Waals surface area contributed by atoms with Crippen molar-refractivity contribution < 1.29 is 4.79 Å². The van der Waals surface area contributed by atoms with Gasteiger partial charge in [0.05, 0.1) is 17.5 Å². The largest absolute Gasteiger partial charge is 0.334 e. The highest BCUT2D eigenvalue weighted by Crippen LogP contribution is 2.27. The monoisotopic (exact) mass is 407 g/mol. The molecule has 1 N–H and O–H groups in total. The minimum Gasteiger partial charge on any atom is -0.334 e. The van der Waals surface area contributed by atoms with Crippen LogP contribution < -0.4 is 0 Å².